The van der Waals surface area contributed by atoms with E-state index in [1.54, 1.807) is 0 Å². The van der Waals surface area contributed by atoms with Crippen molar-refractivity contribution in [2.75, 3.05) is 7.11 Å². The number of halogens is 1. The van der Waals surface area contributed by atoms with Crippen LogP contribution in [0.1, 0.15) is 51.3 Å². The lowest BCUT2D eigenvalue weighted by Gasteiger charge is -2.53. The smallest absolute Gasteiger partial charge is 0.0652 e. The molecule has 0 heterocycles. The average Bonchev–Trinajstić information content (AvgIpc) is 2.64. The van der Waals surface area contributed by atoms with Crippen LogP contribution in [-0.2, 0) is 11.2 Å². The first kappa shape index (κ1) is 15.3. The third kappa shape index (κ3) is 2.42. The van der Waals surface area contributed by atoms with E-state index in [1.807, 2.05) is 13.2 Å². The van der Waals surface area contributed by atoms with Crippen molar-refractivity contribution in [3.05, 3.63) is 34.3 Å². The summed E-state index contributed by atoms with van der Waals surface area (Å²) in [5.74, 6) is 0. The molecule has 116 valence electrons. The van der Waals surface area contributed by atoms with Crippen LogP contribution in [0.2, 0.25) is 5.02 Å². The number of ether oxygens (including phenoxy) is 1. The zero-order valence-electron chi connectivity index (χ0n) is 13.7. The van der Waals surface area contributed by atoms with Crippen molar-refractivity contribution in [1.82, 2.24) is 5.32 Å². The van der Waals surface area contributed by atoms with Crippen LogP contribution in [0.15, 0.2) is 18.2 Å². The number of benzene rings is 1. The van der Waals surface area contributed by atoms with Crippen LogP contribution in [0.4, 0.5) is 0 Å². The lowest BCUT2D eigenvalue weighted by molar-refractivity contribution is -0.103. The molecular formula is C18H26ClNO. The first-order valence-electron chi connectivity index (χ1n) is 7.83. The fraction of sp³-hybridized carbons (Fsp3) is 0.667. The molecule has 21 heavy (non-hydrogen) atoms. The van der Waals surface area contributed by atoms with E-state index in [-0.39, 0.29) is 10.8 Å². The standard InChI is InChI=1S/C18H26ClNO/c1-17(2)10-11-6-7-12(19)8-13(11)16(17)20-14-9-15(21-5)18(14,3)4/h6-8,14-16,20H,9-10H2,1-5H3. The van der Waals surface area contributed by atoms with Gasteiger partial charge in [0.1, 0.15) is 0 Å². The number of rotatable bonds is 3. The highest BCUT2D eigenvalue weighted by Crippen LogP contribution is 2.50. The molecule has 0 spiro atoms. The van der Waals surface area contributed by atoms with Crippen molar-refractivity contribution in [1.29, 1.82) is 0 Å². The van der Waals surface area contributed by atoms with Crippen molar-refractivity contribution < 1.29 is 4.74 Å². The van der Waals surface area contributed by atoms with Gasteiger partial charge < -0.3 is 10.1 Å². The van der Waals surface area contributed by atoms with Gasteiger partial charge in [0.05, 0.1) is 6.10 Å². The van der Waals surface area contributed by atoms with Crippen molar-refractivity contribution in [2.45, 2.75) is 58.7 Å². The second-order valence-electron chi connectivity index (χ2n) is 7.94. The summed E-state index contributed by atoms with van der Waals surface area (Å²) in [4.78, 5) is 0. The van der Waals surface area contributed by atoms with Gasteiger partial charge >= 0.3 is 0 Å². The lowest BCUT2D eigenvalue weighted by atomic mass is 9.64. The van der Waals surface area contributed by atoms with Crippen LogP contribution in [0.25, 0.3) is 0 Å². The molecule has 0 bridgehead atoms. The Labute approximate surface area is 133 Å². The summed E-state index contributed by atoms with van der Waals surface area (Å²) in [5.41, 5.74) is 3.22. The van der Waals surface area contributed by atoms with Gasteiger partial charge in [-0.3, -0.25) is 0 Å². The third-order valence-electron chi connectivity index (χ3n) is 5.68. The Kier molecular flexibility index (Phi) is 3.63. The second kappa shape index (κ2) is 4.97. The molecule has 0 aromatic heterocycles. The summed E-state index contributed by atoms with van der Waals surface area (Å²) in [6.07, 6.45) is 2.56. The van der Waals surface area contributed by atoms with Gasteiger partial charge in [-0.05, 0) is 41.5 Å². The first-order valence-corrected chi connectivity index (χ1v) is 8.20. The summed E-state index contributed by atoms with van der Waals surface area (Å²) >= 11 is 6.22. The van der Waals surface area contributed by atoms with Gasteiger partial charge in [-0.1, -0.05) is 45.4 Å². The Morgan fingerprint density at radius 2 is 1.95 bits per heavy atom. The van der Waals surface area contributed by atoms with Crippen LogP contribution in [-0.4, -0.2) is 19.3 Å². The summed E-state index contributed by atoms with van der Waals surface area (Å²) in [6.45, 7) is 9.28. The topological polar surface area (TPSA) is 21.3 Å². The van der Waals surface area contributed by atoms with E-state index >= 15 is 0 Å². The minimum atomic E-state index is 0.187. The summed E-state index contributed by atoms with van der Waals surface area (Å²) in [5, 5.41) is 4.74. The molecule has 2 aliphatic carbocycles. The number of fused-ring (bicyclic) bond motifs is 1. The molecule has 0 saturated heterocycles. The van der Waals surface area contributed by atoms with Gasteiger partial charge in [0.15, 0.2) is 0 Å². The average molecular weight is 308 g/mol. The third-order valence-corrected chi connectivity index (χ3v) is 5.91. The highest BCUT2D eigenvalue weighted by Gasteiger charge is 2.51. The Bertz CT molecular complexity index is 552. The SMILES string of the molecule is COC1CC(NC2c3cc(Cl)ccc3CC2(C)C)C1(C)C. The van der Waals surface area contributed by atoms with E-state index in [0.29, 0.717) is 18.2 Å². The van der Waals surface area contributed by atoms with E-state index in [9.17, 15) is 0 Å². The number of hydrogen-bond donors (Lipinski definition) is 1. The van der Waals surface area contributed by atoms with Crippen molar-refractivity contribution in [3.8, 4) is 0 Å². The molecule has 0 radical (unpaired) electrons. The van der Waals surface area contributed by atoms with Gasteiger partial charge in [0, 0.05) is 29.6 Å². The molecule has 1 aromatic carbocycles. The van der Waals surface area contributed by atoms with Gasteiger partial charge in [-0.15, -0.1) is 0 Å². The fourth-order valence-electron chi connectivity index (χ4n) is 4.09. The molecule has 3 rings (SSSR count). The molecule has 2 aliphatic rings. The maximum atomic E-state index is 6.22. The zero-order valence-corrected chi connectivity index (χ0v) is 14.4. The van der Waals surface area contributed by atoms with E-state index in [1.165, 1.54) is 11.1 Å². The molecule has 0 aliphatic heterocycles. The van der Waals surface area contributed by atoms with Crippen molar-refractivity contribution >= 4 is 11.6 Å². The highest BCUT2D eigenvalue weighted by atomic mass is 35.5. The van der Waals surface area contributed by atoms with Gasteiger partial charge in [-0.25, -0.2) is 0 Å². The van der Waals surface area contributed by atoms with Crippen LogP contribution in [0.5, 0.6) is 0 Å². The lowest BCUT2D eigenvalue weighted by Crippen LogP contribution is -2.61. The second-order valence-corrected chi connectivity index (χ2v) is 8.38. The molecule has 2 nitrogen and oxygen atoms in total. The Hall–Kier alpha value is -0.570. The Balaban J connectivity index is 1.84. The van der Waals surface area contributed by atoms with Gasteiger partial charge in [0.25, 0.3) is 0 Å². The van der Waals surface area contributed by atoms with Crippen LogP contribution >= 0.6 is 11.6 Å². The van der Waals surface area contributed by atoms with E-state index in [2.05, 4.69) is 45.1 Å². The van der Waals surface area contributed by atoms with Crippen LogP contribution in [0, 0.1) is 10.8 Å². The summed E-state index contributed by atoms with van der Waals surface area (Å²) in [7, 11) is 1.82. The quantitative estimate of drug-likeness (QED) is 0.895. The molecule has 3 atom stereocenters. The summed E-state index contributed by atoms with van der Waals surface area (Å²) in [6, 6.07) is 7.20. The maximum absolute atomic E-state index is 6.22. The molecule has 1 fully saturated rings. The molecule has 1 aromatic rings. The maximum Gasteiger partial charge on any atom is 0.0652 e. The molecule has 1 saturated carbocycles. The van der Waals surface area contributed by atoms with E-state index < -0.39 is 0 Å². The number of methoxy groups -OCH3 is 1. The fourth-order valence-corrected chi connectivity index (χ4v) is 4.27. The minimum Gasteiger partial charge on any atom is -0.381 e. The monoisotopic (exact) mass is 307 g/mol. The van der Waals surface area contributed by atoms with Crippen LogP contribution in [0.3, 0.4) is 0 Å². The molecular weight excluding hydrogens is 282 g/mol. The minimum absolute atomic E-state index is 0.187. The normalized spacial score (nSPS) is 32.6. The Morgan fingerprint density at radius 3 is 2.57 bits per heavy atom. The molecule has 1 N–H and O–H groups in total. The number of nitrogens with one attached hydrogen (secondary N) is 1. The zero-order chi connectivity index (χ0) is 15.4. The molecule has 3 unspecified atom stereocenters. The predicted octanol–water partition coefficient (Wildman–Crippen LogP) is 4.37. The Morgan fingerprint density at radius 1 is 1.24 bits per heavy atom. The van der Waals surface area contributed by atoms with Crippen molar-refractivity contribution in [3.63, 3.8) is 0 Å². The molecule has 0 amide bonds. The predicted molar refractivity (Wildman–Crippen MR) is 87.8 cm³/mol. The largest absolute Gasteiger partial charge is 0.381 e. The van der Waals surface area contributed by atoms with Gasteiger partial charge in [0.2, 0.25) is 0 Å². The van der Waals surface area contributed by atoms with Crippen LogP contribution < -0.4 is 5.32 Å². The van der Waals surface area contributed by atoms with E-state index in [4.69, 9.17) is 16.3 Å². The summed E-state index contributed by atoms with van der Waals surface area (Å²) < 4.78 is 5.58. The highest BCUT2D eigenvalue weighted by molar-refractivity contribution is 6.30. The number of hydrogen-bond acceptors (Lipinski definition) is 2. The van der Waals surface area contributed by atoms with Crippen molar-refractivity contribution in [2.24, 2.45) is 10.8 Å². The first-order chi connectivity index (χ1) is 9.75. The van der Waals surface area contributed by atoms with E-state index in [0.717, 1.165) is 17.9 Å². The molecule has 3 heteroatoms. The van der Waals surface area contributed by atoms with Gasteiger partial charge in [-0.2, -0.15) is 0 Å².